The van der Waals surface area contributed by atoms with Gasteiger partial charge in [-0.15, -0.1) is 0 Å². The van der Waals surface area contributed by atoms with Crippen LogP contribution in [0.15, 0.2) is 29.6 Å². The summed E-state index contributed by atoms with van der Waals surface area (Å²) in [7, 11) is -3.37. The van der Waals surface area contributed by atoms with Gasteiger partial charge in [0.25, 0.3) is 10.1 Å². The summed E-state index contributed by atoms with van der Waals surface area (Å²) in [5.74, 6) is 5.74. The summed E-state index contributed by atoms with van der Waals surface area (Å²) in [5, 5.41) is 2.80. The van der Waals surface area contributed by atoms with Crippen LogP contribution in [0.1, 0.15) is 61.6 Å². The van der Waals surface area contributed by atoms with E-state index in [9.17, 15) is 22.8 Å². The van der Waals surface area contributed by atoms with Crippen molar-refractivity contribution in [3.8, 4) is 0 Å². The number of piperidine rings is 1. The Morgan fingerprint density at radius 2 is 1.82 bits per heavy atom. The van der Waals surface area contributed by atoms with Crippen molar-refractivity contribution >= 4 is 33.6 Å². The molecular weight excluding hydrogens is 444 g/mol. The molecule has 1 aromatic rings. The number of nitrogens with one attached hydrogen (secondary N) is 1. The Hall–Kier alpha value is -2.92. The van der Waals surface area contributed by atoms with Crippen LogP contribution in [-0.2, 0) is 41.7 Å². The number of allylic oxidation sites excluding steroid dienone is 1. The van der Waals surface area contributed by atoms with Crippen LogP contribution >= 0.6 is 0 Å². The summed E-state index contributed by atoms with van der Waals surface area (Å²) >= 11 is 0. The number of carbonyl (C=O) groups excluding carboxylic acids is 3. The van der Waals surface area contributed by atoms with Crippen molar-refractivity contribution in [2.24, 2.45) is 0 Å². The van der Waals surface area contributed by atoms with Crippen molar-refractivity contribution in [1.29, 1.82) is 0 Å². The number of unbranched alkanes of at least 4 members (excludes halogenated alkanes) is 4. The molecule has 0 aliphatic carbocycles. The third-order valence-electron chi connectivity index (χ3n) is 6.02. The highest BCUT2D eigenvalue weighted by atomic mass is 32.2. The van der Waals surface area contributed by atoms with E-state index in [1.165, 1.54) is 0 Å². The number of fused-ring (bicyclic) bond motifs is 1. The van der Waals surface area contributed by atoms with Gasteiger partial charge in [-0.1, -0.05) is 37.5 Å². The van der Waals surface area contributed by atoms with Crippen LogP contribution in [0.5, 0.6) is 0 Å². The third kappa shape index (κ3) is 6.32. The number of hydrogen-bond donors (Lipinski definition) is 1. The highest BCUT2D eigenvalue weighted by molar-refractivity contribution is 7.85. The monoisotopic (exact) mass is 472 g/mol. The maximum absolute atomic E-state index is 11.8. The molecular formula is C24H28N2O6S. The predicted octanol–water partition coefficient (Wildman–Crippen LogP) is 2.33. The van der Waals surface area contributed by atoms with Crippen LogP contribution in [0, 0.1) is 0 Å². The Morgan fingerprint density at radius 1 is 1.06 bits per heavy atom. The highest BCUT2D eigenvalue weighted by Crippen LogP contribution is 2.38. The normalized spacial score (nSPS) is 17.8. The average Bonchev–Trinajstić information content (AvgIpc) is 3.18. The first-order valence-corrected chi connectivity index (χ1v) is 12.9. The minimum atomic E-state index is -3.37. The first-order chi connectivity index (χ1) is 15.9. The second-order valence-corrected chi connectivity index (χ2v) is 9.99. The molecule has 0 amide bonds. The van der Waals surface area contributed by atoms with E-state index in [1.807, 2.05) is 23.0 Å². The molecule has 1 atom stereocenters. The molecule has 2 aliphatic heterocycles. The van der Waals surface area contributed by atoms with E-state index >= 15 is 0 Å². The van der Waals surface area contributed by atoms with Crippen LogP contribution in [0.25, 0.3) is 5.70 Å². The van der Waals surface area contributed by atoms with Gasteiger partial charge in [0.1, 0.15) is 29.0 Å². The number of hydrogen-bond acceptors (Lipinski definition) is 8. The van der Waals surface area contributed by atoms with E-state index in [0.29, 0.717) is 37.2 Å². The molecule has 8 nitrogen and oxygen atoms in total. The Labute approximate surface area is 194 Å². The average molecular weight is 473 g/mol. The molecule has 33 heavy (non-hydrogen) atoms. The van der Waals surface area contributed by atoms with E-state index in [-0.39, 0.29) is 18.3 Å². The summed E-state index contributed by atoms with van der Waals surface area (Å²) in [6.07, 6.45) is 7.45. The van der Waals surface area contributed by atoms with Crippen LogP contribution in [0.2, 0.25) is 0 Å². The van der Waals surface area contributed by atoms with Gasteiger partial charge < -0.3 is 10.2 Å². The van der Waals surface area contributed by atoms with Crippen molar-refractivity contribution in [1.82, 2.24) is 10.2 Å². The highest BCUT2D eigenvalue weighted by Gasteiger charge is 2.36. The number of aryl methyl sites for hydroxylation is 1. The van der Waals surface area contributed by atoms with Gasteiger partial charge in [-0.25, -0.2) is 14.4 Å². The van der Waals surface area contributed by atoms with Gasteiger partial charge in [0.2, 0.25) is 0 Å². The van der Waals surface area contributed by atoms with Crippen molar-refractivity contribution in [2.75, 3.05) is 12.9 Å². The molecule has 1 unspecified atom stereocenters. The molecule has 1 aromatic carbocycles. The van der Waals surface area contributed by atoms with Gasteiger partial charge in [-0.05, 0) is 36.8 Å². The second-order valence-electron chi connectivity index (χ2n) is 8.34. The number of nitrogens with zero attached hydrogens (tertiary/aromatic N) is 1. The van der Waals surface area contributed by atoms with E-state index < -0.39 is 10.1 Å². The summed E-state index contributed by atoms with van der Waals surface area (Å²) in [4.78, 5) is 36.2. The maximum Gasteiger partial charge on any atom is 0.264 e. The molecule has 2 heterocycles. The molecule has 2 aliphatic rings. The van der Waals surface area contributed by atoms with Gasteiger partial charge in [0, 0.05) is 18.5 Å². The minimum absolute atomic E-state index is 0.221. The topological polar surface area (TPSA) is 110 Å². The van der Waals surface area contributed by atoms with Crippen molar-refractivity contribution in [3.05, 3.63) is 46.3 Å². The Morgan fingerprint density at radius 3 is 2.52 bits per heavy atom. The standard InChI is InChI=1S/C24H28N2O6S/c1-33(30,31)32-13-6-4-2-3-5-8-18-9-7-10-20-21(18)14-26(24(20)17-29)23-12-11-19(15-27)25-22(23)16-28/h7,9-10,23,25H,2-6,8,11-14H2,1H3. The van der Waals surface area contributed by atoms with E-state index in [2.05, 4.69) is 17.3 Å². The molecule has 176 valence electrons. The molecule has 0 radical (unpaired) electrons. The zero-order valence-electron chi connectivity index (χ0n) is 18.7. The lowest BCUT2D eigenvalue weighted by atomic mass is 9.97. The Balaban J connectivity index is 1.60. The molecule has 9 heteroatoms. The lowest BCUT2D eigenvalue weighted by molar-refractivity contribution is 0.297. The van der Waals surface area contributed by atoms with Gasteiger partial charge in [-0.3, -0.25) is 4.18 Å². The fraction of sp³-hybridized carbons (Fsp3) is 0.500. The molecule has 0 aromatic heterocycles. The summed E-state index contributed by atoms with van der Waals surface area (Å²) in [5.41, 5.74) is 4.05. The van der Waals surface area contributed by atoms with Crippen LogP contribution < -0.4 is 5.32 Å². The van der Waals surface area contributed by atoms with Crippen LogP contribution in [0.4, 0.5) is 0 Å². The van der Waals surface area contributed by atoms with E-state index in [0.717, 1.165) is 55.1 Å². The fourth-order valence-electron chi connectivity index (χ4n) is 4.43. The first-order valence-electron chi connectivity index (χ1n) is 11.1. The smallest absolute Gasteiger partial charge is 0.264 e. The zero-order chi connectivity index (χ0) is 23.8. The fourth-order valence-corrected chi connectivity index (χ4v) is 4.86. The quantitative estimate of drug-likeness (QED) is 0.314. The maximum atomic E-state index is 11.8. The van der Waals surface area contributed by atoms with Crippen molar-refractivity contribution in [2.45, 2.75) is 64.0 Å². The number of rotatable bonds is 10. The van der Waals surface area contributed by atoms with Gasteiger partial charge in [0.15, 0.2) is 5.94 Å². The van der Waals surface area contributed by atoms with Gasteiger partial charge in [0.05, 0.1) is 18.9 Å². The summed E-state index contributed by atoms with van der Waals surface area (Å²) < 4.78 is 26.7. The lowest BCUT2D eigenvalue weighted by Crippen LogP contribution is -2.41. The minimum Gasteiger partial charge on any atom is -0.348 e. The Bertz CT molecular complexity index is 1140. The zero-order valence-corrected chi connectivity index (χ0v) is 19.5. The van der Waals surface area contributed by atoms with E-state index in [4.69, 9.17) is 4.18 Å². The van der Waals surface area contributed by atoms with Crippen LogP contribution in [-0.4, -0.2) is 50.0 Å². The second kappa shape index (κ2) is 11.3. The van der Waals surface area contributed by atoms with Gasteiger partial charge >= 0.3 is 0 Å². The van der Waals surface area contributed by atoms with E-state index in [1.54, 1.807) is 5.94 Å². The predicted molar refractivity (Wildman–Crippen MR) is 123 cm³/mol. The van der Waals surface area contributed by atoms with Crippen molar-refractivity contribution < 1.29 is 27.0 Å². The molecule has 0 spiro atoms. The molecule has 3 rings (SSSR count). The largest absolute Gasteiger partial charge is 0.348 e. The Kier molecular flexibility index (Phi) is 8.45. The molecule has 1 N–H and O–H groups in total. The molecule has 0 bridgehead atoms. The first kappa shape index (κ1) is 24.7. The van der Waals surface area contributed by atoms with Crippen LogP contribution in [0.3, 0.4) is 0 Å². The molecule has 0 saturated carbocycles. The molecule has 1 fully saturated rings. The third-order valence-corrected chi connectivity index (χ3v) is 6.62. The SMILES string of the molecule is CS(=O)(=O)OCCCCCCCc1cccc2c1CN(C1CCC(=C=O)NC1=C=O)C2=C=O. The summed E-state index contributed by atoms with van der Waals surface area (Å²) in [6.45, 7) is 0.718. The number of benzene rings is 1. The van der Waals surface area contributed by atoms with Crippen molar-refractivity contribution in [3.63, 3.8) is 0 Å². The lowest BCUT2D eigenvalue weighted by Gasteiger charge is -2.33. The molecule has 1 saturated heterocycles. The summed E-state index contributed by atoms with van der Waals surface area (Å²) in [6, 6.07) is 5.52. The van der Waals surface area contributed by atoms with Gasteiger partial charge in [-0.2, -0.15) is 8.42 Å².